The van der Waals surface area contributed by atoms with E-state index in [4.69, 9.17) is 35.4 Å². The van der Waals surface area contributed by atoms with Crippen LogP contribution in [0.5, 0.6) is 5.75 Å². The van der Waals surface area contributed by atoms with E-state index in [1.807, 2.05) is 12.1 Å². The number of para-hydroxylation sites is 2. The van der Waals surface area contributed by atoms with Crippen molar-refractivity contribution in [1.29, 1.82) is 0 Å². The molecular formula is C18H14Cl2F2N4OS. The number of hydrogen-bond donors (Lipinski definition) is 2. The van der Waals surface area contributed by atoms with Gasteiger partial charge in [0.15, 0.2) is 10.9 Å². The molecule has 0 atom stereocenters. The summed E-state index contributed by atoms with van der Waals surface area (Å²) < 4.78 is 31.1. The average molecular weight is 443 g/mol. The molecular weight excluding hydrogens is 429 g/mol. The van der Waals surface area contributed by atoms with Crippen molar-refractivity contribution in [2.24, 2.45) is 0 Å². The van der Waals surface area contributed by atoms with E-state index in [0.29, 0.717) is 22.4 Å². The maximum absolute atomic E-state index is 12.5. The van der Waals surface area contributed by atoms with E-state index in [-0.39, 0.29) is 16.5 Å². The van der Waals surface area contributed by atoms with Crippen LogP contribution in [0, 0.1) is 0 Å². The van der Waals surface area contributed by atoms with E-state index in [1.165, 1.54) is 6.07 Å². The normalized spacial score (nSPS) is 10.8. The molecule has 28 heavy (non-hydrogen) atoms. The Morgan fingerprint density at radius 1 is 1.11 bits per heavy atom. The first-order chi connectivity index (χ1) is 13.4. The van der Waals surface area contributed by atoms with Gasteiger partial charge in [-0.1, -0.05) is 47.5 Å². The minimum absolute atomic E-state index is 0.0268. The van der Waals surface area contributed by atoms with Crippen LogP contribution in [0.15, 0.2) is 54.7 Å². The van der Waals surface area contributed by atoms with Crippen LogP contribution in [0.1, 0.15) is 5.56 Å². The van der Waals surface area contributed by atoms with Crippen molar-refractivity contribution in [3.63, 3.8) is 0 Å². The van der Waals surface area contributed by atoms with Gasteiger partial charge in [-0.05, 0) is 42.0 Å². The van der Waals surface area contributed by atoms with E-state index in [9.17, 15) is 8.78 Å². The lowest BCUT2D eigenvalue weighted by Crippen LogP contribution is -2.20. The standard InChI is InChI=1S/C18H14Cl2F2N4OS/c19-12-7-5-11(6-8-12)9-26-10-13(20)16(25-26)24-18(28)23-14-3-1-2-4-15(14)27-17(21)22/h1-8,10,17H,9H2,(H2,23,24,25,28). The molecule has 5 nitrogen and oxygen atoms in total. The monoisotopic (exact) mass is 442 g/mol. The van der Waals surface area contributed by atoms with Gasteiger partial charge in [0.2, 0.25) is 0 Å². The Hall–Kier alpha value is -2.42. The smallest absolute Gasteiger partial charge is 0.387 e. The number of halogens is 4. The highest BCUT2D eigenvalue weighted by molar-refractivity contribution is 7.80. The van der Waals surface area contributed by atoms with Crippen molar-refractivity contribution in [3.05, 3.63) is 70.3 Å². The molecule has 3 aromatic rings. The first kappa shape index (κ1) is 20.3. The number of alkyl halides is 2. The lowest BCUT2D eigenvalue weighted by Gasteiger charge is -2.13. The molecule has 0 aliphatic rings. The molecule has 146 valence electrons. The number of aromatic nitrogens is 2. The summed E-state index contributed by atoms with van der Waals surface area (Å²) >= 11 is 17.3. The minimum Gasteiger partial charge on any atom is -0.433 e. The lowest BCUT2D eigenvalue weighted by atomic mass is 10.2. The SMILES string of the molecule is FC(F)Oc1ccccc1NC(=S)Nc1nn(Cc2ccc(Cl)cc2)cc1Cl. The van der Waals surface area contributed by atoms with Crippen molar-refractivity contribution in [2.75, 3.05) is 10.6 Å². The van der Waals surface area contributed by atoms with Gasteiger partial charge >= 0.3 is 6.61 Å². The zero-order chi connectivity index (χ0) is 20.1. The fourth-order valence-corrected chi connectivity index (χ4v) is 2.90. The van der Waals surface area contributed by atoms with Crippen LogP contribution in [-0.2, 0) is 6.54 Å². The summed E-state index contributed by atoms with van der Waals surface area (Å²) in [5.74, 6) is 0.307. The van der Waals surface area contributed by atoms with Gasteiger partial charge in [0.1, 0.15) is 10.8 Å². The Balaban J connectivity index is 1.66. The highest BCUT2D eigenvalue weighted by Crippen LogP contribution is 2.26. The second kappa shape index (κ2) is 9.18. The molecule has 0 aliphatic heterocycles. The molecule has 0 amide bonds. The predicted molar refractivity (Wildman–Crippen MR) is 111 cm³/mol. The molecule has 2 aromatic carbocycles. The van der Waals surface area contributed by atoms with Crippen LogP contribution in [0.4, 0.5) is 20.3 Å². The number of thiocarbonyl (C=S) groups is 1. The van der Waals surface area contributed by atoms with Crippen LogP contribution < -0.4 is 15.4 Å². The molecule has 0 spiro atoms. The second-order valence-electron chi connectivity index (χ2n) is 5.60. The van der Waals surface area contributed by atoms with Gasteiger partial charge in [-0.15, -0.1) is 0 Å². The quantitative estimate of drug-likeness (QED) is 0.483. The topological polar surface area (TPSA) is 51.1 Å². The molecule has 10 heteroatoms. The summed E-state index contributed by atoms with van der Waals surface area (Å²) in [5, 5.41) is 11.1. The fraction of sp³-hybridized carbons (Fsp3) is 0.111. The minimum atomic E-state index is -2.94. The molecule has 1 heterocycles. The highest BCUT2D eigenvalue weighted by atomic mass is 35.5. The maximum atomic E-state index is 12.5. The summed E-state index contributed by atoms with van der Waals surface area (Å²) in [6.07, 6.45) is 1.65. The highest BCUT2D eigenvalue weighted by Gasteiger charge is 2.13. The molecule has 3 rings (SSSR count). The van der Waals surface area contributed by atoms with Gasteiger partial charge in [-0.3, -0.25) is 4.68 Å². The van der Waals surface area contributed by atoms with Gasteiger partial charge < -0.3 is 15.4 Å². The van der Waals surface area contributed by atoms with Crippen LogP contribution in [0.3, 0.4) is 0 Å². The van der Waals surface area contributed by atoms with Gasteiger partial charge in [-0.2, -0.15) is 13.9 Å². The zero-order valence-electron chi connectivity index (χ0n) is 14.2. The largest absolute Gasteiger partial charge is 0.433 e. The summed E-state index contributed by atoms with van der Waals surface area (Å²) in [6, 6.07) is 13.6. The van der Waals surface area contributed by atoms with Gasteiger partial charge in [-0.25, -0.2) is 0 Å². The lowest BCUT2D eigenvalue weighted by molar-refractivity contribution is -0.0493. The third-order valence-electron chi connectivity index (χ3n) is 3.56. The molecule has 0 aliphatic carbocycles. The van der Waals surface area contributed by atoms with E-state index in [1.54, 1.807) is 41.2 Å². The van der Waals surface area contributed by atoms with Crippen LogP contribution in [0.25, 0.3) is 0 Å². The number of rotatable bonds is 6. The summed E-state index contributed by atoms with van der Waals surface area (Å²) in [5.41, 5.74) is 1.28. The molecule has 0 radical (unpaired) electrons. The Labute approximate surface area is 175 Å². The maximum Gasteiger partial charge on any atom is 0.387 e. The van der Waals surface area contributed by atoms with Crippen molar-refractivity contribution >= 4 is 52.0 Å². The third-order valence-corrected chi connectivity index (χ3v) is 4.29. The van der Waals surface area contributed by atoms with E-state index < -0.39 is 6.61 Å². The molecule has 0 unspecified atom stereocenters. The molecule has 0 fully saturated rings. The number of nitrogens with zero attached hydrogens (tertiary/aromatic N) is 2. The Kier molecular flexibility index (Phi) is 6.66. The zero-order valence-corrected chi connectivity index (χ0v) is 16.5. The average Bonchev–Trinajstić information content (AvgIpc) is 2.97. The number of hydrogen-bond acceptors (Lipinski definition) is 3. The number of nitrogens with one attached hydrogen (secondary N) is 2. The summed E-state index contributed by atoms with van der Waals surface area (Å²) in [7, 11) is 0. The van der Waals surface area contributed by atoms with Crippen LogP contribution in [-0.4, -0.2) is 21.5 Å². The van der Waals surface area contributed by atoms with Gasteiger partial charge in [0.05, 0.1) is 12.2 Å². The van der Waals surface area contributed by atoms with E-state index in [2.05, 4.69) is 20.5 Å². The summed E-state index contributed by atoms with van der Waals surface area (Å²) in [6.45, 7) is -2.45. The molecule has 1 aromatic heterocycles. The third kappa shape index (κ3) is 5.54. The Morgan fingerprint density at radius 2 is 1.82 bits per heavy atom. The number of benzene rings is 2. The van der Waals surface area contributed by atoms with Crippen LogP contribution >= 0.6 is 35.4 Å². The van der Waals surface area contributed by atoms with Crippen molar-refractivity contribution in [3.8, 4) is 5.75 Å². The first-order valence-corrected chi connectivity index (χ1v) is 9.16. The number of ether oxygens (including phenoxy) is 1. The molecule has 0 saturated carbocycles. The second-order valence-corrected chi connectivity index (χ2v) is 6.86. The van der Waals surface area contributed by atoms with Gasteiger partial charge in [0, 0.05) is 11.2 Å². The van der Waals surface area contributed by atoms with E-state index >= 15 is 0 Å². The Bertz CT molecular complexity index is 966. The summed E-state index contributed by atoms with van der Waals surface area (Å²) in [4.78, 5) is 0. The van der Waals surface area contributed by atoms with Crippen molar-refractivity contribution in [2.45, 2.75) is 13.2 Å². The number of anilines is 2. The predicted octanol–water partition coefficient (Wildman–Crippen LogP) is 5.65. The van der Waals surface area contributed by atoms with Gasteiger partial charge in [0.25, 0.3) is 0 Å². The Morgan fingerprint density at radius 3 is 2.54 bits per heavy atom. The van der Waals surface area contributed by atoms with E-state index in [0.717, 1.165) is 5.56 Å². The molecule has 0 saturated heterocycles. The first-order valence-electron chi connectivity index (χ1n) is 8.00. The van der Waals surface area contributed by atoms with Crippen molar-refractivity contribution < 1.29 is 13.5 Å². The fourth-order valence-electron chi connectivity index (χ4n) is 2.37. The van der Waals surface area contributed by atoms with Crippen LogP contribution in [0.2, 0.25) is 10.0 Å². The van der Waals surface area contributed by atoms with Crippen molar-refractivity contribution in [1.82, 2.24) is 9.78 Å². The molecule has 2 N–H and O–H groups in total. The molecule has 0 bridgehead atoms.